The van der Waals surface area contributed by atoms with E-state index in [2.05, 4.69) is 34.1 Å². The zero-order valence-corrected chi connectivity index (χ0v) is 18.5. The number of carbonyl (C=O) groups is 2. The third-order valence-corrected chi connectivity index (χ3v) is 5.60. The first kappa shape index (κ1) is 21.9. The minimum atomic E-state index is -0.0868. The van der Waals surface area contributed by atoms with E-state index < -0.39 is 0 Å². The lowest BCUT2D eigenvalue weighted by atomic mass is 9.89. The summed E-state index contributed by atoms with van der Waals surface area (Å²) >= 11 is 0. The van der Waals surface area contributed by atoms with E-state index >= 15 is 0 Å². The predicted octanol–water partition coefficient (Wildman–Crippen LogP) is 4.30. The molecule has 2 aromatic carbocycles. The van der Waals surface area contributed by atoms with Gasteiger partial charge in [0, 0.05) is 17.3 Å². The Kier molecular flexibility index (Phi) is 7.14. The summed E-state index contributed by atoms with van der Waals surface area (Å²) in [6, 6.07) is 12.1. The summed E-state index contributed by atoms with van der Waals surface area (Å²) in [4.78, 5) is 24.6. The monoisotopic (exact) mass is 407 g/mol. The fraction of sp³-hybridized carbons (Fsp3) is 0.440. The highest BCUT2D eigenvalue weighted by atomic mass is 16.2. The Bertz CT molecular complexity index is 921. The van der Waals surface area contributed by atoms with Crippen LogP contribution in [0, 0.1) is 6.92 Å². The first-order chi connectivity index (χ1) is 14.3. The van der Waals surface area contributed by atoms with Crippen LogP contribution in [0.4, 0.5) is 5.69 Å². The van der Waals surface area contributed by atoms with Gasteiger partial charge in [-0.1, -0.05) is 18.2 Å². The van der Waals surface area contributed by atoms with Crippen molar-refractivity contribution in [1.29, 1.82) is 0 Å². The van der Waals surface area contributed by atoms with Crippen molar-refractivity contribution < 1.29 is 9.59 Å². The van der Waals surface area contributed by atoms with Crippen LogP contribution in [-0.4, -0.2) is 24.4 Å². The van der Waals surface area contributed by atoms with Crippen molar-refractivity contribution in [3.8, 4) is 0 Å². The van der Waals surface area contributed by atoms with E-state index in [1.54, 1.807) is 6.07 Å². The minimum absolute atomic E-state index is 0.0327. The summed E-state index contributed by atoms with van der Waals surface area (Å²) in [5.74, 6) is -0.141. The number of rotatable bonds is 7. The van der Waals surface area contributed by atoms with Crippen molar-refractivity contribution in [3.05, 3.63) is 64.2 Å². The van der Waals surface area contributed by atoms with Crippen molar-refractivity contribution in [2.75, 3.05) is 11.9 Å². The lowest BCUT2D eigenvalue weighted by Gasteiger charge is -2.20. The number of hydrogen-bond donors (Lipinski definition) is 3. The van der Waals surface area contributed by atoms with Gasteiger partial charge in [-0.25, -0.2) is 0 Å². The van der Waals surface area contributed by atoms with Gasteiger partial charge in [-0.05, 0) is 93.8 Å². The zero-order chi connectivity index (χ0) is 21.7. The molecule has 0 radical (unpaired) electrons. The summed E-state index contributed by atoms with van der Waals surface area (Å²) in [7, 11) is 0. The molecule has 0 spiro atoms. The van der Waals surface area contributed by atoms with E-state index in [0.29, 0.717) is 5.56 Å². The number of anilines is 1. The second kappa shape index (κ2) is 9.79. The van der Waals surface area contributed by atoms with Crippen LogP contribution < -0.4 is 16.0 Å². The quantitative estimate of drug-likeness (QED) is 0.641. The molecule has 0 aromatic heterocycles. The highest BCUT2D eigenvalue weighted by Gasteiger charge is 2.15. The van der Waals surface area contributed by atoms with Crippen LogP contribution in [0.15, 0.2) is 36.4 Å². The smallest absolute Gasteiger partial charge is 0.251 e. The van der Waals surface area contributed by atoms with Crippen LogP contribution in [0.25, 0.3) is 0 Å². The summed E-state index contributed by atoms with van der Waals surface area (Å²) in [6.07, 6.45) is 4.82. The van der Waals surface area contributed by atoms with Crippen molar-refractivity contribution in [3.63, 3.8) is 0 Å². The molecule has 2 aromatic rings. The Morgan fingerprint density at radius 3 is 2.37 bits per heavy atom. The van der Waals surface area contributed by atoms with Gasteiger partial charge in [0.15, 0.2) is 0 Å². The van der Waals surface area contributed by atoms with Crippen molar-refractivity contribution in [1.82, 2.24) is 10.6 Å². The zero-order valence-electron chi connectivity index (χ0n) is 18.5. The standard InChI is InChI=1S/C25H33N3O2/c1-16(2)27-25(30)22-11-12-23(17(3)13-22)26-15-24(29)28-18(4)20-10-9-19-7-5-6-8-21(19)14-20/h9-14,16,18,26H,5-8,15H2,1-4H3,(H,27,30)(H,28,29). The number of carbonyl (C=O) groups excluding carboxylic acids is 2. The van der Waals surface area contributed by atoms with Gasteiger partial charge in [0.2, 0.25) is 5.91 Å². The molecule has 3 rings (SSSR count). The number of benzene rings is 2. The maximum absolute atomic E-state index is 12.5. The van der Waals surface area contributed by atoms with E-state index in [0.717, 1.165) is 29.7 Å². The molecule has 0 bridgehead atoms. The summed E-state index contributed by atoms with van der Waals surface area (Å²) < 4.78 is 0. The normalized spacial score (nSPS) is 14.0. The molecule has 0 heterocycles. The molecular weight excluding hydrogens is 374 g/mol. The molecule has 0 saturated carbocycles. The molecule has 3 N–H and O–H groups in total. The summed E-state index contributed by atoms with van der Waals surface area (Å²) in [5.41, 5.74) is 6.44. The molecule has 0 fully saturated rings. The van der Waals surface area contributed by atoms with Crippen molar-refractivity contribution in [2.24, 2.45) is 0 Å². The van der Waals surface area contributed by atoms with Gasteiger partial charge in [0.25, 0.3) is 5.91 Å². The van der Waals surface area contributed by atoms with Gasteiger partial charge >= 0.3 is 0 Å². The number of aryl methyl sites for hydroxylation is 3. The van der Waals surface area contributed by atoms with E-state index in [4.69, 9.17) is 0 Å². The topological polar surface area (TPSA) is 70.2 Å². The fourth-order valence-corrected chi connectivity index (χ4v) is 3.92. The molecule has 5 heteroatoms. The number of fused-ring (bicyclic) bond motifs is 1. The van der Waals surface area contributed by atoms with E-state index in [1.807, 2.05) is 39.8 Å². The highest BCUT2D eigenvalue weighted by molar-refractivity contribution is 5.95. The third-order valence-electron chi connectivity index (χ3n) is 5.60. The molecule has 5 nitrogen and oxygen atoms in total. The predicted molar refractivity (Wildman–Crippen MR) is 122 cm³/mol. The minimum Gasteiger partial charge on any atom is -0.376 e. The lowest BCUT2D eigenvalue weighted by Crippen LogP contribution is -2.32. The number of nitrogens with one attached hydrogen (secondary N) is 3. The summed E-state index contributed by atoms with van der Waals surface area (Å²) in [6.45, 7) is 8.01. The number of hydrogen-bond acceptors (Lipinski definition) is 3. The van der Waals surface area contributed by atoms with Crippen LogP contribution in [-0.2, 0) is 17.6 Å². The fourth-order valence-electron chi connectivity index (χ4n) is 3.92. The van der Waals surface area contributed by atoms with Crippen molar-refractivity contribution >= 4 is 17.5 Å². The van der Waals surface area contributed by atoms with Crippen LogP contribution >= 0.6 is 0 Å². The molecule has 2 amide bonds. The maximum atomic E-state index is 12.5. The second-order valence-electron chi connectivity index (χ2n) is 8.54. The van der Waals surface area contributed by atoms with Gasteiger partial charge < -0.3 is 16.0 Å². The van der Waals surface area contributed by atoms with E-state index in [-0.39, 0.29) is 30.4 Å². The van der Waals surface area contributed by atoms with Gasteiger partial charge in [0.1, 0.15) is 0 Å². The Morgan fingerprint density at radius 2 is 1.67 bits per heavy atom. The summed E-state index contributed by atoms with van der Waals surface area (Å²) in [5, 5.41) is 9.15. The highest BCUT2D eigenvalue weighted by Crippen LogP contribution is 2.24. The van der Waals surface area contributed by atoms with Crippen molar-refractivity contribution in [2.45, 2.75) is 65.5 Å². The molecule has 0 saturated heterocycles. The molecule has 0 aliphatic heterocycles. The molecule has 1 aliphatic carbocycles. The number of amides is 2. The Balaban J connectivity index is 1.54. The SMILES string of the molecule is Cc1cc(C(=O)NC(C)C)ccc1NCC(=O)NC(C)c1ccc2c(c1)CCCC2. The van der Waals surface area contributed by atoms with Gasteiger partial charge in [-0.15, -0.1) is 0 Å². The Morgan fingerprint density at radius 1 is 0.933 bits per heavy atom. The van der Waals surface area contributed by atoms with E-state index in [9.17, 15) is 9.59 Å². The molecule has 1 atom stereocenters. The van der Waals surface area contributed by atoms with Gasteiger partial charge in [0.05, 0.1) is 12.6 Å². The largest absolute Gasteiger partial charge is 0.376 e. The van der Waals surface area contributed by atoms with Crippen LogP contribution in [0.1, 0.15) is 72.3 Å². The third kappa shape index (κ3) is 5.62. The van der Waals surface area contributed by atoms with Crippen LogP contribution in [0.5, 0.6) is 0 Å². The second-order valence-corrected chi connectivity index (χ2v) is 8.54. The molecule has 160 valence electrons. The first-order valence-corrected chi connectivity index (χ1v) is 10.9. The molecule has 30 heavy (non-hydrogen) atoms. The van der Waals surface area contributed by atoms with Gasteiger partial charge in [-0.3, -0.25) is 9.59 Å². The molecule has 1 aliphatic rings. The Hall–Kier alpha value is -2.82. The van der Waals surface area contributed by atoms with Crippen LogP contribution in [0.2, 0.25) is 0 Å². The van der Waals surface area contributed by atoms with E-state index in [1.165, 1.54) is 24.0 Å². The lowest BCUT2D eigenvalue weighted by molar-refractivity contribution is -0.120. The maximum Gasteiger partial charge on any atom is 0.251 e. The Labute approximate surface area is 179 Å². The van der Waals surface area contributed by atoms with Crippen LogP contribution in [0.3, 0.4) is 0 Å². The molecule has 1 unspecified atom stereocenters. The first-order valence-electron chi connectivity index (χ1n) is 10.9. The average molecular weight is 408 g/mol. The van der Waals surface area contributed by atoms with Gasteiger partial charge in [-0.2, -0.15) is 0 Å². The average Bonchev–Trinajstić information content (AvgIpc) is 2.71. The molecular formula is C25H33N3O2.